The molecule has 0 bridgehead atoms. The molecule has 2 aromatic rings. The van der Waals surface area contributed by atoms with Crippen LogP contribution in [0.15, 0.2) is 39.5 Å². The van der Waals surface area contributed by atoms with E-state index >= 15 is 0 Å². The minimum absolute atomic E-state index is 0.0580. The molecule has 0 saturated heterocycles. The van der Waals surface area contributed by atoms with Crippen molar-refractivity contribution in [1.29, 1.82) is 0 Å². The normalized spacial score (nSPS) is 11.9. The largest absolute Gasteiger partial charge is 0.451 e. The van der Waals surface area contributed by atoms with Crippen LogP contribution in [0.3, 0.4) is 0 Å². The summed E-state index contributed by atoms with van der Waals surface area (Å²) >= 11 is 0. The number of fused-ring (bicyclic) bond motifs is 1. The van der Waals surface area contributed by atoms with E-state index in [1.807, 2.05) is 0 Å². The van der Waals surface area contributed by atoms with Crippen LogP contribution in [0.2, 0.25) is 0 Å². The third-order valence-electron chi connectivity index (χ3n) is 1.91. The summed E-state index contributed by atoms with van der Waals surface area (Å²) in [5, 5.41) is 0.144. The van der Waals surface area contributed by atoms with E-state index in [9.17, 15) is 18.0 Å². The predicted octanol–water partition coefficient (Wildman–Crippen LogP) is 2.81. The number of hydrogen-bond donors (Lipinski definition) is 0. The summed E-state index contributed by atoms with van der Waals surface area (Å²) < 4.78 is 41.4. The van der Waals surface area contributed by atoms with Crippen LogP contribution in [0.4, 0.5) is 13.2 Å². The van der Waals surface area contributed by atoms with Gasteiger partial charge in [-0.25, -0.2) is 0 Å². The average molecular weight is 214 g/mol. The molecule has 0 atom stereocenters. The Hall–Kier alpha value is -1.78. The van der Waals surface area contributed by atoms with Gasteiger partial charge in [-0.15, -0.1) is 0 Å². The van der Waals surface area contributed by atoms with Crippen molar-refractivity contribution in [1.82, 2.24) is 0 Å². The fourth-order valence-electron chi connectivity index (χ4n) is 1.24. The highest BCUT2D eigenvalue weighted by atomic mass is 19.4. The quantitative estimate of drug-likeness (QED) is 0.674. The second-order valence-corrected chi connectivity index (χ2v) is 2.97. The lowest BCUT2D eigenvalue weighted by Crippen LogP contribution is -2.10. The highest BCUT2D eigenvalue weighted by Crippen LogP contribution is 2.29. The van der Waals surface area contributed by atoms with Gasteiger partial charge in [0.2, 0.25) is 5.76 Å². The SMILES string of the molecule is O=c1cc(C(F)(F)F)oc2ccccc12. The topological polar surface area (TPSA) is 30.2 Å². The first-order chi connectivity index (χ1) is 6.98. The summed E-state index contributed by atoms with van der Waals surface area (Å²) in [6, 6.07) is 6.27. The number of para-hydroxylation sites is 1. The van der Waals surface area contributed by atoms with Crippen LogP contribution in [0, 0.1) is 0 Å². The van der Waals surface area contributed by atoms with Crippen molar-refractivity contribution < 1.29 is 17.6 Å². The molecule has 0 unspecified atom stereocenters. The van der Waals surface area contributed by atoms with E-state index in [0.717, 1.165) is 0 Å². The molecule has 5 heteroatoms. The molecule has 0 aliphatic rings. The van der Waals surface area contributed by atoms with E-state index in [1.54, 1.807) is 6.07 Å². The Kier molecular flexibility index (Phi) is 2.03. The van der Waals surface area contributed by atoms with Gasteiger partial charge in [-0.1, -0.05) is 12.1 Å². The first-order valence-corrected chi connectivity index (χ1v) is 4.08. The van der Waals surface area contributed by atoms with Gasteiger partial charge >= 0.3 is 6.18 Å². The Morgan fingerprint density at radius 1 is 1.13 bits per heavy atom. The molecule has 0 aliphatic heterocycles. The van der Waals surface area contributed by atoms with Crippen molar-refractivity contribution in [2.24, 2.45) is 0 Å². The van der Waals surface area contributed by atoms with E-state index in [-0.39, 0.29) is 11.0 Å². The predicted molar refractivity (Wildman–Crippen MR) is 47.5 cm³/mol. The van der Waals surface area contributed by atoms with Crippen LogP contribution in [0.25, 0.3) is 11.0 Å². The molecule has 1 heterocycles. The molecular weight excluding hydrogens is 209 g/mol. The summed E-state index contributed by atoms with van der Waals surface area (Å²) in [5.41, 5.74) is -0.749. The lowest BCUT2D eigenvalue weighted by atomic mass is 10.2. The molecule has 2 nitrogen and oxygen atoms in total. The van der Waals surface area contributed by atoms with Crippen molar-refractivity contribution in [3.63, 3.8) is 0 Å². The standard InChI is InChI=1S/C10H5F3O2/c11-10(12,13)9-5-7(14)6-3-1-2-4-8(6)15-9/h1-5H. The second-order valence-electron chi connectivity index (χ2n) is 2.97. The Balaban J connectivity index is 2.79. The fraction of sp³-hybridized carbons (Fsp3) is 0.100. The van der Waals surface area contributed by atoms with Gasteiger partial charge < -0.3 is 4.42 Å². The van der Waals surface area contributed by atoms with Crippen LogP contribution in [-0.4, -0.2) is 0 Å². The fourth-order valence-corrected chi connectivity index (χ4v) is 1.24. The van der Waals surface area contributed by atoms with E-state index in [1.165, 1.54) is 18.2 Å². The van der Waals surface area contributed by atoms with Gasteiger partial charge in [-0.3, -0.25) is 4.79 Å². The van der Waals surface area contributed by atoms with Gasteiger partial charge in [-0.2, -0.15) is 13.2 Å². The molecule has 0 saturated carbocycles. The monoisotopic (exact) mass is 214 g/mol. The van der Waals surface area contributed by atoms with Crippen LogP contribution >= 0.6 is 0 Å². The molecule has 1 aromatic heterocycles. The van der Waals surface area contributed by atoms with Crippen molar-refractivity contribution in [3.8, 4) is 0 Å². The zero-order chi connectivity index (χ0) is 11.1. The number of rotatable bonds is 0. The maximum Gasteiger partial charge on any atom is 0.449 e. The highest BCUT2D eigenvalue weighted by molar-refractivity contribution is 5.76. The Bertz CT molecular complexity index is 554. The van der Waals surface area contributed by atoms with Crippen LogP contribution < -0.4 is 5.43 Å². The summed E-state index contributed by atoms with van der Waals surface area (Å²) in [5.74, 6) is -1.27. The van der Waals surface area contributed by atoms with Crippen LogP contribution in [-0.2, 0) is 6.18 Å². The van der Waals surface area contributed by atoms with Gasteiger partial charge in [0.1, 0.15) is 5.58 Å². The van der Waals surface area contributed by atoms with Crippen LogP contribution in [0.1, 0.15) is 5.76 Å². The van der Waals surface area contributed by atoms with Gasteiger partial charge in [0.05, 0.1) is 5.39 Å². The first-order valence-electron chi connectivity index (χ1n) is 4.08. The zero-order valence-corrected chi connectivity index (χ0v) is 7.34. The number of halogens is 3. The Morgan fingerprint density at radius 2 is 1.80 bits per heavy atom. The smallest absolute Gasteiger partial charge is 0.449 e. The Morgan fingerprint density at radius 3 is 2.47 bits per heavy atom. The molecule has 0 amide bonds. The Labute approximate surface area is 81.9 Å². The van der Waals surface area contributed by atoms with Crippen molar-refractivity contribution in [3.05, 3.63) is 46.3 Å². The summed E-state index contributed by atoms with van der Waals surface area (Å²) in [6.45, 7) is 0. The summed E-state index contributed by atoms with van der Waals surface area (Å²) in [6.07, 6.45) is -4.64. The number of alkyl halides is 3. The third kappa shape index (κ3) is 1.72. The number of benzene rings is 1. The molecule has 1 aromatic carbocycles. The molecule has 0 N–H and O–H groups in total. The van der Waals surface area contributed by atoms with E-state index in [0.29, 0.717) is 6.07 Å². The minimum atomic E-state index is -4.64. The van der Waals surface area contributed by atoms with Gasteiger partial charge in [0.25, 0.3) is 0 Å². The lowest BCUT2D eigenvalue weighted by molar-refractivity contribution is -0.152. The third-order valence-corrected chi connectivity index (χ3v) is 1.91. The van der Waals surface area contributed by atoms with Crippen molar-refractivity contribution in [2.75, 3.05) is 0 Å². The van der Waals surface area contributed by atoms with Crippen molar-refractivity contribution >= 4 is 11.0 Å². The minimum Gasteiger partial charge on any atom is -0.451 e. The maximum absolute atomic E-state index is 12.3. The molecule has 2 rings (SSSR count). The van der Waals surface area contributed by atoms with E-state index in [2.05, 4.69) is 4.42 Å². The molecule has 0 spiro atoms. The molecule has 0 radical (unpaired) electrons. The van der Waals surface area contributed by atoms with Crippen molar-refractivity contribution in [2.45, 2.75) is 6.18 Å². The summed E-state index contributed by atoms with van der Waals surface area (Å²) in [7, 11) is 0. The average Bonchev–Trinajstić information content (AvgIpc) is 2.16. The van der Waals surface area contributed by atoms with Gasteiger partial charge in [0, 0.05) is 6.07 Å². The lowest BCUT2D eigenvalue weighted by Gasteiger charge is -2.05. The molecular formula is C10H5F3O2. The molecule has 0 fully saturated rings. The highest BCUT2D eigenvalue weighted by Gasteiger charge is 2.34. The van der Waals surface area contributed by atoms with E-state index in [4.69, 9.17) is 0 Å². The van der Waals surface area contributed by atoms with E-state index < -0.39 is 17.4 Å². The van der Waals surface area contributed by atoms with Crippen LogP contribution in [0.5, 0.6) is 0 Å². The maximum atomic E-state index is 12.3. The summed E-state index contributed by atoms with van der Waals surface area (Å²) in [4.78, 5) is 11.3. The molecule has 78 valence electrons. The van der Waals surface area contributed by atoms with Gasteiger partial charge in [-0.05, 0) is 12.1 Å². The second kappa shape index (κ2) is 3.12. The van der Waals surface area contributed by atoms with Gasteiger partial charge in [0.15, 0.2) is 5.43 Å². The zero-order valence-electron chi connectivity index (χ0n) is 7.34. The number of hydrogen-bond acceptors (Lipinski definition) is 2. The molecule has 15 heavy (non-hydrogen) atoms. The first kappa shape index (κ1) is 9.76. The molecule has 0 aliphatic carbocycles.